The molecule has 1 aromatic carbocycles. The summed E-state index contributed by atoms with van der Waals surface area (Å²) in [5.41, 5.74) is 2.48. The van der Waals surface area contributed by atoms with E-state index in [-0.39, 0.29) is 5.88 Å². The molecule has 0 aliphatic rings. The Morgan fingerprint density at radius 2 is 1.93 bits per heavy atom. The Labute approximate surface area is 88.1 Å². The summed E-state index contributed by atoms with van der Waals surface area (Å²) < 4.78 is 1.68. The molecule has 0 aliphatic carbocycles. The van der Waals surface area contributed by atoms with Crippen molar-refractivity contribution >= 4 is 6.21 Å². The molecule has 2 rings (SSSR count). The van der Waals surface area contributed by atoms with Crippen LogP contribution in [0.4, 0.5) is 0 Å². The van der Waals surface area contributed by atoms with E-state index in [1.54, 1.807) is 17.7 Å². The zero-order valence-corrected chi connectivity index (χ0v) is 8.44. The van der Waals surface area contributed by atoms with Crippen molar-refractivity contribution in [1.29, 1.82) is 5.41 Å². The molecule has 0 bridgehead atoms. The van der Waals surface area contributed by atoms with Gasteiger partial charge in [0.05, 0.1) is 11.3 Å². The maximum atomic E-state index is 9.69. The second-order valence-electron chi connectivity index (χ2n) is 3.38. The van der Waals surface area contributed by atoms with Gasteiger partial charge in [-0.1, -0.05) is 30.3 Å². The standard InChI is InChI=1S/C12H12N2O/c1-14-11(7-10(8-13)12(14)15)9-5-3-2-4-6-9/h2-8,13,15H,1H3. The Morgan fingerprint density at radius 3 is 2.47 bits per heavy atom. The molecule has 0 aliphatic heterocycles. The number of nitrogens with one attached hydrogen (secondary N) is 1. The van der Waals surface area contributed by atoms with Crippen LogP contribution in [0.25, 0.3) is 11.3 Å². The van der Waals surface area contributed by atoms with Gasteiger partial charge < -0.3 is 15.1 Å². The quantitative estimate of drug-likeness (QED) is 0.718. The van der Waals surface area contributed by atoms with Gasteiger partial charge >= 0.3 is 0 Å². The highest BCUT2D eigenvalue weighted by molar-refractivity contribution is 5.84. The van der Waals surface area contributed by atoms with Gasteiger partial charge in [0, 0.05) is 13.3 Å². The minimum atomic E-state index is 0.129. The third kappa shape index (κ3) is 1.52. The van der Waals surface area contributed by atoms with Crippen molar-refractivity contribution in [3.8, 4) is 17.1 Å². The molecule has 1 aromatic heterocycles. The molecule has 0 unspecified atom stereocenters. The zero-order chi connectivity index (χ0) is 10.8. The smallest absolute Gasteiger partial charge is 0.200 e. The first-order valence-electron chi connectivity index (χ1n) is 4.68. The van der Waals surface area contributed by atoms with Gasteiger partial charge in [0.2, 0.25) is 0 Å². The van der Waals surface area contributed by atoms with Gasteiger partial charge in [-0.05, 0) is 11.6 Å². The van der Waals surface area contributed by atoms with Crippen LogP contribution in [0.15, 0.2) is 36.4 Å². The van der Waals surface area contributed by atoms with Crippen LogP contribution in [0.1, 0.15) is 5.56 Å². The molecule has 2 aromatic rings. The third-order valence-electron chi connectivity index (χ3n) is 2.45. The maximum absolute atomic E-state index is 9.69. The van der Waals surface area contributed by atoms with Crippen LogP contribution >= 0.6 is 0 Å². The van der Waals surface area contributed by atoms with Gasteiger partial charge in [-0.25, -0.2) is 0 Å². The fourth-order valence-corrected chi connectivity index (χ4v) is 1.61. The predicted octanol–water partition coefficient (Wildman–Crippen LogP) is 2.40. The summed E-state index contributed by atoms with van der Waals surface area (Å²) >= 11 is 0. The van der Waals surface area contributed by atoms with Gasteiger partial charge in [-0.2, -0.15) is 0 Å². The molecule has 3 heteroatoms. The van der Waals surface area contributed by atoms with E-state index in [1.165, 1.54) is 0 Å². The van der Waals surface area contributed by atoms with Crippen molar-refractivity contribution in [2.45, 2.75) is 0 Å². The van der Waals surface area contributed by atoms with E-state index in [9.17, 15) is 5.11 Å². The van der Waals surface area contributed by atoms with Crippen LogP contribution in [0, 0.1) is 5.41 Å². The molecule has 15 heavy (non-hydrogen) atoms. The van der Waals surface area contributed by atoms with E-state index >= 15 is 0 Å². The Balaban J connectivity index is 2.59. The molecular weight excluding hydrogens is 188 g/mol. The summed E-state index contributed by atoms with van der Waals surface area (Å²) in [7, 11) is 1.78. The largest absolute Gasteiger partial charge is 0.494 e. The third-order valence-corrected chi connectivity index (χ3v) is 2.45. The molecule has 0 saturated heterocycles. The Morgan fingerprint density at radius 1 is 1.27 bits per heavy atom. The fraction of sp³-hybridized carbons (Fsp3) is 0.0833. The first-order valence-corrected chi connectivity index (χ1v) is 4.68. The van der Waals surface area contributed by atoms with Crippen molar-refractivity contribution in [2.24, 2.45) is 7.05 Å². The average Bonchev–Trinajstić information content (AvgIpc) is 2.57. The van der Waals surface area contributed by atoms with Crippen molar-refractivity contribution in [1.82, 2.24) is 4.57 Å². The first kappa shape index (κ1) is 9.52. The first-order chi connectivity index (χ1) is 7.24. The average molecular weight is 200 g/mol. The van der Waals surface area contributed by atoms with Crippen molar-refractivity contribution < 1.29 is 5.11 Å². The van der Waals surface area contributed by atoms with E-state index in [1.807, 2.05) is 30.3 Å². The van der Waals surface area contributed by atoms with Gasteiger partial charge in [0.25, 0.3) is 0 Å². The SMILES string of the molecule is Cn1c(-c2ccccc2)cc(C=N)c1O. The fourth-order valence-electron chi connectivity index (χ4n) is 1.61. The number of nitrogens with zero attached hydrogens (tertiary/aromatic N) is 1. The van der Waals surface area contributed by atoms with E-state index in [0.29, 0.717) is 5.56 Å². The van der Waals surface area contributed by atoms with Crippen LogP contribution in [0.2, 0.25) is 0 Å². The van der Waals surface area contributed by atoms with Crippen molar-refractivity contribution in [3.63, 3.8) is 0 Å². The molecule has 0 spiro atoms. The molecule has 76 valence electrons. The normalized spacial score (nSPS) is 10.2. The lowest BCUT2D eigenvalue weighted by Crippen LogP contribution is -1.90. The lowest BCUT2D eigenvalue weighted by molar-refractivity contribution is 0.432. The van der Waals surface area contributed by atoms with Crippen molar-refractivity contribution in [2.75, 3.05) is 0 Å². The molecule has 0 atom stereocenters. The molecule has 0 saturated carbocycles. The molecular formula is C12H12N2O. The second kappa shape index (κ2) is 3.61. The highest BCUT2D eigenvalue weighted by Gasteiger charge is 2.10. The van der Waals surface area contributed by atoms with Crippen LogP contribution in [-0.4, -0.2) is 15.9 Å². The van der Waals surface area contributed by atoms with Gasteiger partial charge in [0.15, 0.2) is 5.88 Å². The summed E-state index contributed by atoms with van der Waals surface area (Å²) in [6.07, 6.45) is 1.15. The number of aromatic nitrogens is 1. The molecule has 0 radical (unpaired) electrons. The molecule has 0 amide bonds. The number of hydrogen-bond acceptors (Lipinski definition) is 2. The Bertz CT molecular complexity index is 486. The van der Waals surface area contributed by atoms with Crippen LogP contribution in [0.3, 0.4) is 0 Å². The minimum absolute atomic E-state index is 0.129. The molecule has 0 fully saturated rings. The lowest BCUT2D eigenvalue weighted by Gasteiger charge is -2.03. The number of hydrogen-bond donors (Lipinski definition) is 2. The van der Waals surface area contributed by atoms with Gasteiger partial charge in [-0.15, -0.1) is 0 Å². The van der Waals surface area contributed by atoms with Gasteiger partial charge in [0.1, 0.15) is 0 Å². The van der Waals surface area contributed by atoms with Crippen LogP contribution < -0.4 is 0 Å². The van der Waals surface area contributed by atoms with E-state index in [2.05, 4.69) is 0 Å². The Hall–Kier alpha value is -2.03. The Kier molecular flexibility index (Phi) is 2.29. The monoisotopic (exact) mass is 200 g/mol. The highest BCUT2D eigenvalue weighted by Crippen LogP contribution is 2.27. The van der Waals surface area contributed by atoms with E-state index in [0.717, 1.165) is 17.5 Å². The topological polar surface area (TPSA) is 49.0 Å². The highest BCUT2D eigenvalue weighted by atomic mass is 16.3. The number of benzene rings is 1. The van der Waals surface area contributed by atoms with Crippen LogP contribution in [0.5, 0.6) is 5.88 Å². The van der Waals surface area contributed by atoms with E-state index < -0.39 is 0 Å². The van der Waals surface area contributed by atoms with Crippen LogP contribution in [-0.2, 0) is 7.05 Å². The zero-order valence-electron chi connectivity index (χ0n) is 8.44. The molecule has 2 N–H and O–H groups in total. The summed E-state index contributed by atoms with van der Waals surface area (Å²) in [4.78, 5) is 0. The maximum Gasteiger partial charge on any atom is 0.200 e. The summed E-state index contributed by atoms with van der Waals surface area (Å²) in [5.74, 6) is 0.129. The predicted molar refractivity (Wildman–Crippen MR) is 60.4 cm³/mol. The molecule has 1 heterocycles. The minimum Gasteiger partial charge on any atom is -0.494 e. The van der Waals surface area contributed by atoms with E-state index in [4.69, 9.17) is 5.41 Å². The number of rotatable bonds is 2. The summed E-state index contributed by atoms with van der Waals surface area (Å²) in [5, 5.41) is 16.9. The van der Waals surface area contributed by atoms with Gasteiger partial charge in [-0.3, -0.25) is 0 Å². The second-order valence-corrected chi connectivity index (χ2v) is 3.38. The lowest BCUT2D eigenvalue weighted by atomic mass is 10.1. The number of aromatic hydroxyl groups is 1. The molecule has 3 nitrogen and oxygen atoms in total. The van der Waals surface area contributed by atoms with Crippen molar-refractivity contribution in [3.05, 3.63) is 42.0 Å². The summed E-state index contributed by atoms with van der Waals surface area (Å²) in [6, 6.07) is 11.6. The summed E-state index contributed by atoms with van der Waals surface area (Å²) in [6.45, 7) is 0.